The molecule has 1 aromatic heterocycles. The molecule has 0 unspecified atom stereocenters. The van der Waals surface area contributed by atoms with Gasteiger partial charge in [-0.2, -0.15) is 0 Å². The lowest BCUT2D eigenvalue weighted by Gasteiger charge is -2.04. The second-order valence-corrected chi connectivity index (χ2v) is 4.79. The van der Waals surface area contributed by atoms with Gasteiger partial charge in [0.15, 0.2) is 0 Å². The van der Waals surface area contributed by atoms with E-state index < -0.39 is 5.97 Å². The van der Waals surface area contributed by atoms with E-state index >= 15 is 0 Å². The topological polar surface area (TPSA) is 99.3 Å². The standard InChI is InChI=1S/C13H12N2O4S/c1-2-11-14-15-13(19-11)20-10(12(17)18)7-8-3-5-9(16)6-4-8/h3-7,16H,2H2,1H3,(H,17,18)/p-1/b10-7-. The quantitative estimate of drug-likeness (QED) is 0.663. The first kappa shape index (κ1) is 14.1. The average Bonchev–Trinajstić information content (AvgIpc) is 2.88. The van der Waals surface area contributed by atoms with Crippen LogP contribution < -0.4 is 5.11 Å². The van der Waals surface area contributed by atoms with Crippen LogP contribution in [0.1, 0.15) is 18.4 Å². The number of aliphatic carboxylic acids is 1. The van der Waals surface area contributed by atoms with Crippen LogP contribution >= 0.6 is 11.8 Å². The second kappa shape index (κ2) is 6.25. The van der Waals surface area contributed by atoms with E-state index in [2.05, 4.69) is 10.2 Å². The molecule has 0 saturated heterocycles. The molecular formula is C13H11N2O4S-. The number of nitrogens with zero attached hydrogens (tertiary/aromatic N) is 2. The highest BCUT2D eigenvalue weighted by atomic mass is 32.2. The number of carboxylic acids is 1. The lowest BCUT2D eigenvalue weighted by atomic mass is 10.2. The molecule has 6 nitrogen and oxygen atoms in total. The van der Waals surface area contributed by atoms with Crippen molar-refractivity contribution in [2.45, 2.75) is 18.6 Å². The van der Waals surface area contributed by atoms with Crippen molar-refractivity contribution in [3.63, 3.8) is 0 Å². The third-order valence-electron chi connectivity index (χ3n) is 2.34. The van der Waals surface area contributed by atoms with Crippen LogP contribution in [0.4, 0.5) is 0 Å². The molecule has 0 saturated carbocycles. The van der Waals surface area contributed by atoms with Gasteiger partial charge in [0.25, 0.3) is 5.22 Å². The van der Waals surface area contributed by atoms with Crippen molar-refractivity contribution >= 4 is 23.8 Å². The van der Waals surface area contributed by atoms with Crippen LogP contribution in [0.15, 0.2) is 38.8 Å². The molecule has 0 aliphatic carbocycles. The molecule has 104 valence electrons. The van der Waals surface area contributed by atoms with Crippen LogP contribution in [-0.2, 0) is 11.2 Å². The third kappa shape index (κ3) is 3.61. The Bertz CT molecular complexity index is 634. The number of carboxylic acid groups (broad SMARTS) is 1. The summed E-state index contributed by atoms with van der Waals surface area (Å²) in [6.07, 6.45) is 2.03. The summed E-state index contributed by atoms with van der Waals surface area (Å²) in [5.74, 6) is -0.776. The van der Waals surface area contributed by atoms with Crippen LogP contribution in [0.2, 0.25) is 0 Å². The average molecular weight is 291 g/mol. The Labute approximate surface area is 119 Å². The summed E-state index contributed by atoms with van der Waals surface area (Å²) in [4.78, 5) is 11.2. The Hall–Kier alpha value is -2.28. The van der Waals surface area contributed by atoms with Gasteiger partial charge < -0.3 is 14.6 Å². The van der Waals surface area contributed by atoms with Crippen molar-refractivity contribution in [3.8, 4) is 5.75 Å². The minimum atomic E-state index is -1.10. The zero-order valence-electron chi connectivity index (χ0n) is 10.6. The Morgan fingerprint density at radius 1 is 1.40 bits per heavy atom. The second-order valence-electron chi connectivity index (χ2n) is 3.80. The first-order valence-corrected chi connectivity index (χ1v) is 6.62. The molecule has 1 heterocycles. The van der Waals surface area contributed by atoms with Crippen LogP contribution in [-0.4, -0.2) is 21.3 Å². The first-order chi connectivity index (χ1) is 9.58. The zero-order valence-corrected chi connectivity index (χ0v) is 11.4. The molecule has 0 spiro atoms. The molecule has 20 heavy (non-hydrogen) atoms. The minimum absolute atomic E-state index is 0.0370. The largest absolute Gasteiger partial charge is 0.872 e. The minimum Gasteiger partial charge on any atom is -0.872 e. The predicted octanol–water partition coefficient (Wildman–Crippen LogP) is 1.92. The number of benzene rings is 1. The summed E-state index contributed by atoms with van der Waals surface area (Å²) in [7, 11) is 0. The van der Waals surface area contributed by atoms with Gasteiger partial charge in [-0.3, -0.25) is 0 Å². The van der Waals surface area contributed by atoms with Gasteiger partial charge in [0.1, 0.15) is 4.91 Å². The van der Waals surface area contributed by atoms with E-state index in [1.807, 2.05) is 6.92 Å². The highest BCUT2D eigenvalue weighted by Crippen LogP contribution is 2.27. The van der Waals surface area contributed by atoms with Gasteiger partial charge in [-0.25, -0.2) is 4.79 Å². The van der Waals surface area contributed by atoms with Crippen LogP contribution in [0.5, 0.6) is 5.75 Å². The lowest BCUT2D eigenvalue weighted by molar-refractivity contribution is -0.268. The molecule has 0 aliphatic heterocycles. The monoisotopic (exact) mass is 291 g/mol. The molecular weight excluding hydrogens is 280 g/mol. The first-order valence-electron chi connectivity index (χ1n) is 5.80. The van der Waals surface area contributed by atoms with Gasteiger partial charge in [0, 0.05) is 6.42 Å². The summed E-state index contributed by atoms with van der Waals surface area (Å²) in [6, 6.07) is 5.85. The maximum absolute atomic E-state index is 11.2. The fourth-order valence-electron chi connectivity index (χ4n) is 1.37. The van der Waals surface area contributed by atoms with Crippen LogP contribution in [0, 0.1) is 0 Å². The van der Waals surface area contributed by atoms with Crippen molar-refractivity contribution in [3.05, 3.63) is 40.6 Å². The summed E-state index contributed by atoms with van der Waals surface area (Å²) in [6.45, 7) is 1.86. The molecule has 7 heteroatoms. The van der Waals surface area contributed by atoms with E-state index in [0.717, 1.165) is 11.8 Å². The molecule has 0 amide bonds. The molecule has 0 bridgehead atoms. The van der Waals surface area contributed by atoms with Gasteiger partial charge in [-0.15, -0.1) is 15.9 Å². The van der Waals surface area contributed by atoms with Crippen LogP contribution in [0.3, 0.4) is 0 Å². The molecule has 2 aromatic rings. The van der Waals surface area contributed by atoms with E-state index in [4.69, 9.17) is 4.42 Å². The number of hydrogen-bond donors (Lipinski definition) is 1. The molecule has 0 fully saturated rings. The van der Waals surface area contributed by atoms with E-state index in [-0.39, 0.29) is 15.9 Å². The number of aryl methyl sites for hydroxylation is 1. The fraction of sp³-hybridized carbons (Fsp3) is 0.154. The zero-order chi connectivity index (χ0) is 14.5. The Kier molecular flexibility index (Phi) is 4.41. The Morgan fingerprint density at radius 2 is 2.10 bits per heavy atom. The SMILES string of the molecule is CCc1nnc(S/C(=C\c2ccc([O-])cc2)C(=O)O)o1. The van der Waals surface area contributed by atoms with Gasteiger partial charge in [0.05, 0.1) is 0 Å². The predicted molar refractivity (Wildman–Crippen MR) is 71.0 cm³/mol. The van der Waals surface area contributed by atoms with Gasteiger partial charge >= 0.3 is 5.97 Å². The molecule has 1 aromatic carbocycles. The number of carbonyl (C=O) groups is 1. The highest BCUT2D eigenvalue weighted by Gasteiger charge is 2.14. The Balaban J connectivity index is 2.22. The maximum atomic E-state index is 11.2. The number of aromatic nitrogens is 2. The number of rotatable bonds is 5. The highest BCUT2D eigenvalue weighted by molar-refractivity contribution is 8.03. The van der Waals surface area contributed by atoms with E-state index in [1.54, 1.807) is 12.1 Å². The van der Waals surface area contributed by atoms with Crippen molar-refractivity contribution in [1.82, 2.24) is 10.2 Å². The summed E-state index contributed by atoms with van der Waals surface area (Å²) in [5.41, 5.74) is 0.615. The van der Waals surface area contributed by atoms with Gasteiger partial charge in [0.2, 0.25) is 5.89 Å². The lowest BCUT2D eigenvalue weighted by Crippen LogP contribution is -1.97. The summed E-state index contributed by atoms with van der Waals surface area (Å²) < 4.78 is 5.26. The van der Waals surface area contributed by atoms with E-state index in [9.17, 15) is 15.0 Å². The maximum Gasteiger partial charge on any atom is 0.342 e. The van der Waals surface area contributed by atoms with E-state index in [1.165, 1.54) is 18.2 Å². The van der Waals surface area contributed by atoms with Crippen molar-refractivity contribution in [2.24, 2.45) is 0 Å². The van der Waals surface area contributed by atoms with Crippen molar-refractivity contribution < 1.29 is 19.4 Å². The number of hydrogen-bond acceptors (Lipinski definition) is 6. The molecule has 0 atom stereocenters. The third-order valence-corrected chi connectivity index (χ3v) is 3.19. The Morgan fingerprint density at radius 3 is 2.65 bits per heavy atom. The fourth-order valence-corrected chi connectivity index (χ4v) is 2.06. The van der Waals surface area contributed by atoms with Crippen molar-refractivity contribution in [2.75, 3.05) is 0 Å². The smallest absolute Gasteiger partial charge is 0.342 e. The molecule has 0 radical (unpaired) electrons. The molecule has 0 aliphatic rings. The van der Waals surface area contributed by atoms with E-state index in [0.29, 0.717) is 17.9 Å². The van der Waals surface area contributed by atoms with Gasteiger partial charge in [-0.1, -0.05) is 31.2 Å². The summed E-state index contributed by atoms with van der Waals surface area (Å²) >= 11 is 0.875. The molecule has 1 N–H and O–H groups in total. The normalized spacial score (nSPS) is 11.6. The van der Waals surface area contributed by atoms with Crippen molar-refractivity contribution in [1.29, 1.82) is 0 Å². The van der Waals surface area contributed by atoms with Crippen LogP contribution in [0.25, 0.3) is 6.08 Å². The summed E-state index contributed by atoms with van der Waals surface area (Å²) in [5, 5.41) is 27.9. The number of thioether (sulfide) groups is 1. The molecule has 2 rings (SSSR count). The van der Waals surface area contributed by atoms with Gasteiger partial charge in [-0.05, 0) is 23.4 Å².